The number of piperazine rings is 1. The Labute approximate surface area is 187 Å². The second-order valence-corrected chi connectivity index (χ2v) is 9.51. The van der Waals surface area contributed by atoms with Gasteiger partial charge in [-0.15, -0.1) is 0 Å². The maximum atomic E-state index is 13.6. The van der Waals surface area contributed by atoms with E-state index in [-0.39, 0.29) is 9.92 Å². The van der Waals surface area contributed by atoms with Gasteiger partial charge in [0.15, 0.2) is 5.03 Å². The van der Waals surface area contributed by atoms with Crippen LogP contribution in [-0.4, -0.2) is 51.5 Å². The summed E-state index contributed by atoms with van der Waals surface area (Å²) in [7, 11) is -2.23. The average molecular weight is 449 g/mol. The molecule has 3 aromatic carbocycles. The van der Waals surface area contributed by atoms with Crippen LogP contribution in [0.4, 0.5) is 5.69 Å². The van der Waals surface area contributed by atoms with Crippen molar-refractivity contribution in [1.82, 2.24) is 15.1 Å². The molecule has 0 bridgehead atoms. The third-order valence-electron chi connectivity index (χ3n) is 5.73. The normalized spacial score (nSPS) is 14.6. The molecule has 1 fully saturated rings. The molecule has 1 aliphatic heterocycles. The molecule has 0 unspecified atom stereocenters. The Hall–Kier alpha value is -3.36. The molecule has 0 spiro atoms. The Balaban J connectivity index is 1.76. The summed E-state index contributed by atoms with van der Waals surface area (Å²) in [5.74, 6) is 0.617. The Morgan fingerprint density at radius 1 is 0.938 bits per heavy atom. The number of hydrogen-bond donors (Lipinski definition) is 1. The van der Waals surface area contributed by atoms with Gasteiger partial charge in [0.05, 0.1) is 17.5 Å². The highest BCUT2D eigenvalue weighted by molar-refractivity contribution is 7.91. The van der Waals surface area contributed by atoms with Crippen molar-refractivity contribution in [2.75, 3.05) is 38.2 Å². The molecule has 0 saturated carbocycles. The zero-order valence-electron chi connectivity index (χ0n) is 17.7. The predicted octanol–water partition coefficient (Wildman–Crippen LogP) is 3.28. The third kappa shape index (κ3) is 3.51. The number of benzene rings is 3. The molecular formula is C24H24N4O3S. The van der Waals surface area contributed by atoms with Crippen molar-refractivity contribution in [1.29, 1.82) is 0 Å². The molecule has 0 atom stereocenters. The number of sulfone groups is 1. The van der Waals surface area contributed by atoms with E-state index in [0.29, 0.717) is 22.3 Å². The number of hydrogen-bond acceptors (Lipinski definition) is 6. The summed E-state index contributed by atoms with van der Waals surface area (Å²) in [6.45, 7) is 3.53. The van der Waals surface area contributed by atoms with Gasteiger partial charge < -0.3 is 15.0 Å². The summed E-state index contributed by atoms with van der Waals surface area (Å²) in [5, 5.41) is 8.61. The number of methoxy groups -OCH3 is 1. The summed E-state index contributed by atoms with van der Waals surface area (Å²) >= 11 is 0. The number of nitrogens with one attached hydrogen (secondary N) is 1. The Bertz CT molecular complexity index is 1360. The fraction of sp³-hybridized carbons (Fsp3) is 0.208. The molecule has 8 heteroatoms. The highest BCUT2D eigenvalue weighted by Gasteiger charge is 2.27. The number of para-hydroxylation sites is 2. The maximum absolute atomic E-state index is 13.6. The van der Waals surface area contributed by atoms with E-state index in [2.05, 4.69) is 15.3 Å². The van der Waals surface area contributed by atoms with Crippen LogP contribution in [-0.2, 0) is 9.84 Å². The predicted molar refractivity (Wildman–Crippen MR) is 125 cm³/mol. The van der Waals surface area contributed by atoms with Crippen molar-refractivity contribution in [3.05, 3.63) is 72.8 Å². The molecule has 32 heavy (non-hydrogen) atoms. The molecule has 1 saturated heterocycles. The van der Waals surface area contributed by atoms with Gasteiger partial charge in [0.1, 0.15) is 11.4 Å². The topological polar surface area (TPSA) is 76.5 Å². The van der Waals surface area contributed by atoms with Gasteiger partial charge in [0.25, 0.3) is 0 Å². The zero-order valence-corrected chi connectivity index (χ0v) is 18.5. The van der Waals surface area contributed by atoms with Crippen LogP contribution in [0, 0.1) is 0 Å². The number of aromatic nitrogens is 2. The van der Waals surface area contributed by atoms with Gasteiger partial charge in [0, 0.05) is 37.3 Å². The lowest BCUT2D eigenvalue weighted by Gasteiger charge is -2.29. The van der Waals surface area contributed by atoms with Crippen LogP contribution in [0.25, 0.3) is 16.6 Å². The van der Waals surface area contributed by atoms with Crippen LogP contribution >= 0.6 is 0 Å². The largest absolute Gasteiger partial charge is 0.494 e. The highest BCUT2D eigenvalue weighted by Crippen LogP contribution is 2.34. The van der Waals surface area contributed by atoms with E-state index in [1.807, 2.05) is 42.5 Å². The molecule has 1 aromatic heterocycles. The maximum Gasteiger partial charge on any atom is 0.226 e. The SMILES string of the molecule is COc1ccccc1-n1nc(S(=O)(=O)c2ccccc2)c2cc(N3CCNCC3)ccc21. The Morgan fingerprint density at radius 3 is 2.41 bits per heavy atom. The first-order valence-electron chi connectivity index (χ1n) is 10.5. The monoisotopic (exact) mass is 448 g/mol. The van der Waals surface area contributed by atoms with Crippen molar-refractivity contribution in [2.24, 2.45) is 0 Å². The molecule has 7 nitrogen and oxygen atoms in total. The van der Waals surface area contributed by atoms with Crippen LogP contribution in [0.5, 0.6) is 5.75 Å². The molecule has 5 rings (SSSR count). The molecule has 4 aromatic rings. The van der Waals surface area contributed by atoms with Crippen LogP contribution in [0.3, 0.4) is 0 Å². The highest BCUT2D eigenvalue weighted by atomic mass is 32.2. The van der Waals surface area contributed by atoms with Gasteiger partial charge in [0.2, 0.25) is 9.84 Å². The van der Waals surface area contributed by atoms with Crippen LogP contribution in [0.15, 0.2) is 82.7 Å². The summed E-state index contributed by atoms with van der Waals surface area (Å²) in [6.07, 6.45) is 0. The molecule has 0 aliphatic carbocycles. The first-order valence-corrected chi connectivity index (χ1v) is 12.0. The summed E-state index contributed by atoms with van der Waals surface area (Å²) < 4.78 is 34.4. The lowest BCUT2D eigenvalue weighted by molar-refractivity contribution is 0.412. The summed E-state index contributed by atoms with van der Waals surface area (Å²) in [6, 6.07) is 21.8. The second kappa shape index (κ2) is 8.29. The average Bonchev–Trinajstić information content (AvgIpc) is 3.24. The molecule has 1 N–H and O–H groups in total. The smallest absolute Gasteiger partial charge is 0.226 e. The fourth-order valence-corrected chi connectivity index (χ4v) is 5.48. The number of nitrogens with zero attached hydrogens (tertiary/aromatic N) is 3. The van der Waals surface area contributed by atoms with E-state index < -0.39 is 9.84 Å². The van der Waals surface area contributed by atoms with Gasteiger partial charge in [-0.25, -0.2) is 13.1 Å². The molecule has 164 valence electrons. The molecule has 0 radical (unpaired) electrons. The van der Waals surface area contributed by atoms with E-state index in [4.69, 9.17) is 4.74 Å². The number of fused-ring (bicyclic) bond motifs is 1. The van der Waals surface area contributed by atoms with Crippen molar-refractivity contribution in [2.45, 2.75) is 9.92 Å². The summed E-state index contributed by atoms with van der Waals surface area (Å²) in [4.78, 5) is 2.48. The van der Waals surface area contributed by atoms with Gasteiger partial charge >= 0.3 is 0 Å². The van der Waals surface area contributed by atoms with Crippen LogP contribution in [0.1, 0.15) is 0 Å². The van der Waals surface area contributed by atoms with Gasteiger partial charge in [-0.05, 0) is 42.5 Å². The van der Waals surface area contributed by atoms with Gasteiger partial charge in [-0.2, -0.15) is 5.10 Å². The van der Waals surface area contributed by atoms with E-state index in [0.717, 1.165) is 31.9 Å². The van der Waals surface area contributed by atoms with Crippen molar-refractivity contribution in [3.8, 4) is 11.4 Å². The zero-order chi connectivity index (χ0) is 22.1. The fourth-order valence-electron chi connectivity index (χ4n) is 4.10. The minimum absolute atomic E-state index is 0.0431. The molecular weight excluding hydrogens is 424 g/mol. The lowest BCUT2D eigenvalue weighted by Crippen LogP contribution is -2.43. The van der Waals surface area contributed by atoms with Crippen molar-refractivity contribution in [3.63, 3.8) is 0 Å². The lowest BCUT2D eigenvalue weighted by atomic mass is 10.2. The first kappa shape index (κ1) is 20.5. The van der Waals surface area contributed by atoms with E-state index >= 15 is 0 Å². The minimum Gasteiger partial charge on any atom is -0.494 e. The summed E-state index contributed by atoms with van der Waals surface area (Å²) in [5.41, 5.74) is 2.38. The van der Waals surface area contributed by atoms with E-state index in [1.54, 1.807) is 42.1 Å². The first-order chi connectivity index (χ1) is 15.6. The van der Waals surface area contributed by atoms with Crippen LogP contribution in [0.2, 0.25) is 0 Å². The molecule has 0 amide bonds. The van der Waals surface area contributed by atoms with E-state index in [1.165, 1.54) is 0 Å². The standard InChI is InChI=1S/C24H24N4O3S/c1-31-23-10-6-5-9-22(23)28-21-12-11-18(27-15-13-25-14-16-27)17-20(21)24(26-28)32(29,30)19-7-3-2-4-8-19/h2-12,17,25H,13-16H2,1H3. The Morgan fingerprint density at radius 2 is 1.66 bits per heavy atom. The van der Waals surface area contributed by atoms with Gasteiger partial charge in [-0.3, -0.25) is 0 Å². The Kier molecular flexibility index (Phi) is 5.32. The minimum atomic E-state index is -3.82. The number of ether oxygens (including phenoxy) is 1. The van der Waals surface area contributed by atoms with Crippen molar-refractivity contribution < 1.29 is 13.2 Å². The van der Waals surface area contributed by atoms with E-state index in [9.17, 15) is 8.42 Å². The number of rotatable bonds is 5. The molecule has 2 heterocycles. The number of anilines is 1. The van der Waals surface area contributed by atoms with Gasteiger partial charge in [-0.1, -0.05) is 30.3 Å². The quantitative estimate of drug-likeness (QED) is 0.505. The second-order valence-electron chi connectivity index (χ2n) is 7.64. The van der Waals surface area contributed by atoms with Crippen LogP contribution < -0.4 is 15.0 Å². The van der Waals surface area contributed by atoms with Crippen molar-refractivity contribution >= 4 is 26.4 Å². The third-order valence-corrected chi connectivity index (χ3v) is 7.44. The molecule has 1 aliphatic rings.